The van der Waals surface area contributed by atoms with Crippen LogP contribution in [0.3, 0.4) is 0 Å². The molecule has 0 radical (unpaired) electrons. The number of aliphatic imine (C=N–C) groups is 1. The van der Waals surface area contributed by atoms with E-state index in [1.807, 2.05) is 13.0 Å². The number of allylic oxidation sites excluding steroid dienone is 1. The zero-order chi connectivity index (χ0) is 23.8. The summed E-state index contributed by atoms with van der Waals surface area (Å²) in [6.45, 7) is 4.08. The lowest BCUT2D eigenvalue weighted by Gasteiger charge is -2.24. The minimum atomic E-state index is -4.32. The fourth-order valence-corrected chi connectivity index (χ4v) is 4.91. The van der Waals surface area contributed by atoms with Crippen LogP contribution >= 0.6 is 0 Å². The van der Waals surface area contributed by atoms with Gasteiger partial charge in [-0.05, 0) is 80.7 Å². The van der Waals surface area contributed by atoms with Gasteiger partial charge in [0.1, 0.15) is 0 Å². The molecular weight excluding hydrogens is 431 g/mol. The molecule has 1 aliphatic heterocycles. The van der Waals surface area contributed by atoms with Gasteiger partial charge in [-0.1, -0.05) is 6.08 Å². The number of fused-ring (bicyclic) bond motifs is 2. The molecule has 2 aromatic heterocycles. The molecule has 0 saturated carbocycles. The minimum Gasteiger partial charge on any atom is -0.481 e. The number of carboxylic acids is 1. The third-order valence-corrected chi connectivity index (χ3v) is 6.57. The maximum atomic E-state index is 12.8. The van der Waals surface area contributed by atoms with Crippen LogP contribution in [0.4, 0.5) is 13.2 Å². The molecule has 0 saturated heterocycles. The van der Waals surface area contributed by atoms with Gasteiger partial charge in [-0.25, -0.2) is 9.97 Å². The van der Waals surface area contributed by atoms with E-state index >= 15 is 0 Å². The summed E-state index contributed by atoms with van der Waals surface area (Å²) in [5, 5.41) is 10.8. The van der Waals surface area contributed by atoms with Crippen molar-refractivity contribution in [2.24, 2.45) is 4.99 Å². The highest BCUT2D eigenvalue weighted by atomic mass is 19.4. The number of aliphatic carboxylic acids is 1. The van der Waals surface area contributed by atoms with Crippen molar-refractivity contribution in [1.29, 1.82) is 0 Å². The fourth-order valence-electron chi connectivity index (χ4n) is 4.91. The average molecular weight is 460 g/mol. The number of aromatic nitrogens is 2. The van der Waals surface area contributed by atoms with Crippen LogP contribution in [0.15, 0.2) is 17.1 Å². The Morgan fingerprint density at radius 3 is 2.61 bits per heavy atom. The van der Waals surface area contributed by atoms with E-state index in [4.69, 9.17) is 4.98 Å². The average Bonchev–Trinajstić information content (AvgIpc) is 2.75. The summed E-state index contributed by atoms with van der Waals surface area (Å²) in [5.74, 6) is -2.21. The van der Waals surface area contributed by atoms with Crippen molar-refractivity contribution in [2.75, 3.05) is 6.54 Å². The van der Waals surface area contributed by atoms with Gasteiger partial charge in [0.15, 0.2) is 5.65 Å². The molecule has 176 valence electrons. The number of rotatable bonds is 6. The molecule has 0 spiro atoms. The number of nitrogens with zero attached hydrogens (tertiary/aromatic N) is 3. The van der Waals surface area contributed by atoms with Crippen molar-refractivity contribution >= 4 is 28.3 Å². The molecule has 0 aromatic carbocycles. The second-order valence-corrected chi connectivity index (χ2v) is 9.04. The number of carboxylic acid groups (broad SMARTS) is 1. The molecule has 1 N–H and O–H groups in total. The van der Waals surface area contributed by atoms with Gasteiger partial charge in [0, 0.05) is 35.3 Å². The topological polar surface area (TPSA) is 75.4 Å². The van der Waals surface area contributed by atoms with Gasteiger partial charge in [0.25, 0.3) is 0 Å². The molecule has 5 nitrogen and oxygen atoms in total. The van der Waals surface area contributed by atoms with Crippen LogP contribution in [0.5, 0.6) is 0 Å². The number of alkyl halides is 3. The summed E-state index contributed by atoms with van der Waals surface area (Å²) < 4.78 is 38.3. The number of hydrogen-bond acceptors (Lipinski definition) is 4. The molecule has 0 bridgehead atoms. The van der Waals surface area contributed by atoms with Gasteiger partial charge in [0.2, 0.25) is 0 Å². The zero-order valence-electron chi connectivity index (χ0n) is 18.9. The molecule has 2 aromatic rings. The molecular formula is C25H28F3N3O2. The predicted molar refractivity (Wildman–Crippen MR) is 122 cm³/mol. The Morgan fingerprint density at radius 1 is 1.18 bits per heavy atom. The molecule has 33 heavy (non-hydrogen) atoms. The molecule has 1 aliphatic carbocycles. The Kier molecular flexibility index (Phi) is 6.54. The van der Waals surface area contributed by atoms with Gasteiger partial charge in [-0.2, -0.15) is 13.2 Å². The van der Waals surface area contributed by atoms with E-state index < -0.39 is 24.5 Å². The number of hydrogen-bond donors (Lipinski definition) is 1. The molecule has 8 heteroatoms. The van der Waals surface area contributed by atoms with Gasteiger partial charge < -0.3 is 5.11 Å². The maximum Gasteiger partial charge on any atom is 0.389 e. The van der Waals surface area contributed by atoms with Crippen LogP contribution < -0.4 is 0 Å². The molecule has 0 amide bonds. The van der Waals surface area contributed by atoms with Gasteiger partial charge >= 0.3 is 12.1 Å². The summed E-state index contributed by atoms with van der Waals surface area (Å²) >= 11 is 0. The first-order chi connectivity index (χ1) is 15.6. The molecule has 1 atom stereocenters. The van der Waals surface area contributed by atoms with Crippen LogP contribution in [-0.2, 0) is 17.6 Å². The van der Waals surface area contributed by atoms with E-state index in [9.17, 15) is 23.1 Å². The summed E-state index contributed by atoms with van der Waals surface area (Å²) in [4.78, 5) is 26.3. The van der Waals surface area contributed by atoms with E-state index in [2.05, 4.69) is 16.0 Å². The van der Waals surface area contributed by atoms with E-state index in [0.717, 1.165) is 59.2 Å². The largest absolute Gasteiger partial charge is 0.481 e. The van der Waals surface area contributed by atoms with Crippen molar-refractivity contribution in [2.45, 2.75) is 77.3 Å². The van der Waals surface area contributed by atoms with E-state index in [0.29, 0.717) is 29.9 Å². The zero-order valence-corrected chi connectivity index (χ0v) is 18.9. The molecule has 3 heterocycles. The van der Waals surface area contributed by atoms with Gasteiger partial charge in [-0.15, -0.1) is 0 Å². The first-order valence-electron chi connectivity index (χ1n) is 11.5. The predicted octanol–water partition coefficient (Wildman–Crippen LogP) is 5.97. The van der Waals surface area contributed by atoms with E-state index in [-0.39, 0.29) is 12.8 Å². The third kappa shape index (κ3) is 5.09. The monoisotopic (exact) mass is 459 g/mol. The molecule has 2 aliphatic rings. The Labute approximate surface area is 190 Å². The molecule has 0 fully saturated rings. The number of dihydropyridines is 1. The van der Waals surface area contributed by atoms with Crippen molar-refractivity contribution in [1.82, 2.24) is 9.97 Å². The lowest BCUT2D eigenvalue weighted by Crippen LogP contribution is -2.19. The van der Waals surface area contributed by atoms with Gasteiger partial charge in [-0.3, -0.25) is 9.79 Å². The Bertz CT molecular complexity index is 1150. The number of halogens is 3. The third-order valence-electron chi connectivity index (χ3n) is 6.57. The number of carbonyl (C=O) groups is 1. The lowest BCUT2D eigenvalue weighted by molar-refractivity contribution is -0.142. The normalized spacial score (nSPS) is 17.4. The summed E-state index contributed by atoms with van der Waals surface area (Å²) in [6.07, 6.45) is 0.973. The molecule has 4 rings (SSSR count). The fraction of sp³-hybridized carbons (Fsp3) is 0.520. The number of aryl methyl sites for hydroxylation is 3. The Balaban J connectivity index is 1.89. The maximum absolute atomic E-state index is 12.8. The smallest absolute Gasteiger partial charge is 0.389 e. The van der Waals surface area contributed by atoms with Crippen LogP contribution in [0.1, 0.15) is 79.4 Å². The quantitative estimate of drug-likeness (QED) is 0.578. The van der Waals surface area contributed by atoms with Crippen molar-refractivity contribution in [3.8, 4) is 0 Å². The lowest BCUT2D eigenvalue weighted by atomic mass is 9.83. The summed E-state index contributed by atoms with van der Waals surface area (Å²) in [5.41, 5.74) is 6.38. The van der Waals surface area contributed by atoms with Crippen molar-refractivity contribution in [3.63, 3.8) is 0 Å². The highest BCUT2D eigenvalue weighted by Gasteiger charge is 2.32. The van der Waals surface area contributed by atoms with Crippen LogP contribution in [0, 0.1) is 6.92 Å². The minimum absolute atomic E-state index is 0.107. The second kappa shape index (κ2) is 9.23. The highest BCUT2D eigenvalue weighted by Crippen LogP contribution is 2.39. The second-order valence-electron chi connectivity index (χ2n) is 9.04. The first kappa shape index (κ1) is 23.4. The van der Waals surface area contributed by atoms with Gasteiger partial charge in [0.05, 0.1) is 12.5 Å². The van der Waals surface area contributed by atoms with E-state index in [1.54, 1.807) is 6.92 Å². The van der Waals surface area contributed by atoms with Crippen LogP contribution in [-0.4, -0.2) is 39.5 Å². The van der Waals surface area contributed by atoms with Crippen molar-refractivity contribution < 1.29 is 23.1 Å². The van der Waals surface area contributed by atoms with Crippen LogP contribution in [0.25, 0.3) is 16.6 Å². The Hall–Kier alpha value is -2.77. The summed E-state index contributed by atoms with van der Waals surface area (Å²) in [6, 6.07) is 2.07. The van der Waals surface area contributed by atoms with Crippen molar-refractivity contribution in [3.05, 3.63) is 40.2 Å². The standard InChI is InChI=1S/C25H28F3N3O2/c1-14-9-10-17(13-29-14)22-19-12-16-6-3-4-8-20(16)31-23(19)30-15(2)21(22)18(24(32)33)7-5-11-25(26,27)28/h10,12,18H,3-9,11,13H2,1-2H3,(H,32,33). The first-order valence-corrected chi connectivity index (χ1v) is 11.5. The van der Waals surface area contributed by atoms with Crippen LogP contribution in [0.2, 0.25) is 0 Å². The highest BCUT2D eigenvalue weighted by molar-refractivity contribution is 5.98. The van der Waals surface area contributed by atoms with E-state index in [1.165, 1.54) is 0 Å². The molecule has 1 unspecified atom stereocenters. The number of pyridine rings is 2. The Morgan fingerprint density at radius 2 is 1.94 bits per heavy atom. The summed E-state index contributed by atoms with van der Waals surface area (Å²) in [7, 11) is 0. The SMILES string of the molecule is CC1=NCC(c2c(C(CCCC(F)(F)F)C(=O)O)c(C)nc3nc4c(cc23)CCCC4)=CC1.